The van der Waals surface area contributed by atoms with Crippen LogP contribution in [0.4, 0.5) is 5.69 Å². The predicted molar refractivity (Wildman–Crippen MR) is 113 cm³/mol. The van der Waals surface area contributed by atoms with Gasteiger partial charge in [-0.15, -0.1) is 0 Å². The molecule has 10 heteroatoms. The van der Waals surface area contributed by atoms with Crippen molar-refractivity contribution in [1.29, 1.82) is 0 Å². The van der Waals surface area contributed by atoms with Gasteiger partial charge in [-0.25, -0.2) is 5.43 Å². The van der Waals surface area contributed by atoms with Gasteiger partial charge in [0.05, 0.1) is 13.3 Å². The Balaban J connectivity index is 1.97. The van der Waals surface area contributed by atoms with E-state index in [0.717, 1.165) is 5.56 Å². The lowest BCUT2D eigenvalue weighted by atomic mass is 10.2. The van der Waals surface area contributed by atoms with Crippen molar-refractivity contribution < 1.29 is 23.9 Å². The average molecular weight is 433 g/mol. The number of hydrogen-bond donors (Lipinski definition) is 3. The van der Waals surface area contributed by atoms with Crippen molar-refractivity contribution in [3.8, 4) is 11.5 Å². The molecular weight excluding hydrogens is 412 g/mol. The van der Waals surface area contributed by atoms with E-state index in [0.29, 0.717) is 27.8 Å². The Labute approximate surface area is 178 Å². The number of aryl methyl sites for hydroxylation is 1. The number of amides is 3. The number of benzene rings is 2. The molecule has 0 unspecified atom stereocenters. The van der Waals surface area contributed by atoms with Gasteiger partial charge >= 0.3 is 11.8 Å². The van der Waals surface area contributed by atoms with Crippen molar-refractivity contribution >= 4 is 41.2 Å². The molecule has 9 nitrogen and oxygen atoms in total. The van der Waals surface area contributed by atoms with Gasteiger partial charge in [-0.3, -0.25) is 14.4 Å². The number of carbonyl (C=O) groups excluding carboxylic acids is 3. The van der Waals surface area contributed by atoms with Gasteiger partial charge in [0.2, 0.25) is 0 Å². The molecule has 158 valence electrons. The summed E-state index contributed by atoms with van der Waals surface area (Å²) >= 11 is 5.95. The summed E-state index contributed by atoms with van der Waals surface area (Å²) in [5, 5.41) is 9.13. The average Bonchev–Trinajstić information content (AvgIpc) is 2.74. The standard InChI is InChI=1S/C20H21ClN4O5/c1-12-4-6-14(21)9-15(12)24-18(26)11-30-16-7-5-13(8-17(16)29-3)10-23-25-20(28)19(27)22-2/h4-10H,11H2,1-3H3,(H,22,27)(H,24,26)(H,25,28)/b23-10-. The third-order valence-corrected chi connectivity index (χ3v) is 4.07. The number of ether oxygens (including phenoxy) is 2. The van der Waals surface area contributed by atoms with Crippen LogP contribution in [-0.2, 0) is 14.4 Å². The van der Waals surface area contributed by atoms with Crippen molar-refractivity contribution in [3.05, 3.63) is 52.5 Å². The summed E-state index contributed by atoms with van der Waals surface area (Å²) in [5.74, 6) is -1.34. The van der Waals surface area contributed by atoms with Crippen LogP contribution in [0.1, 0.15) is 11.1 Å². The quantitative estimate of drug-likeness (QED) is 0.350. The zero-order valence-corrected chi connectivity index (χ0v) is 17.4. The number of likely N-dealkylation sites (N-methyl/N-ethyl adjacent to an activating group) is 1. The highest BCUT2D eigenvalue weighted by Gasteiger charge is 2.11. The number of halogens is 1. The Kier molecular flexibility index (Phi) is 8.18. The Morgan fingerprint density at radius 1 is 1.10 bits per heavy atom. The Hall–Kier alpha value is -3.59. The molecule has 0 aliphatic rings. The Bertz CT molecular complexity index is 978. The SMILES string of the molecule is CNC(=O)C(=O)N/N=C\c1ccc(OCC(=O)Nc2cc(Cl)ccc2C)c(OC)c1. The van der Waals surface area contributed by atoms with E-state index in [1.807, 2.05) is 6.92 Å². The second-order valence-electron chi connectivity index (χ2n) is 5.98. The molecule has 0 aliphatic heterocycles. The molecule has 0 aromatic heterocycles. The maximum Gasteiger partial charge on any atom is 0.329 e. The van der Waals surface area contributed by atoms with Crippen LogP contribution in [0.3, 0.4) is 0 Å². The third-order valence-electron chi connectivity index (χ3n) is 3.83. The molecule has 0 saturated carbocycles. The monoisotopic (exact) mass is 432 g/mol. The highest BCUT2D eigenvalue weighted by Crippen LogP contribution is 2.27. The molecule has 30 heavy (non-hydrogen) atoms. The summed E-state index contributed by atoms with van der Waals surface area (Å²) in [6.45, 7) is 1.62. The lowest BCUT2D eigenvalue weighted by molar-refractivity contribution is -0.138. The first-order valence-electron chi connectivity index (χ1n) is 8.76. The smallest absolute Gasteiger partial charge is 0.329 e. The minimum Gasteiger partial charge on any atom is -0.493 e. The van der Waals surface area contributed by atoms with Crippen LogP contribution in [0.5, 0.6) is 11.5 Å². The summed E-state index contributed by atoms with van der Waals surface area (Å²) in [7, 11) is 2.79. The van der Waals surface area contributed by atoms with E-state index in [9.17, 15) is 14.4 Å². The van der Waals surface area contributed by atoms with Crippen LogP contribution in [0, 0.1) is 6.92 Å². The minimum atomic E-state index is -0.887. The topological polar surface area (TPSA) is 118 Å². The van der Waals surface area contributed by atoms with Gasteiger partial charge in [-0.05, 0) is 48.4 Å². The van der Waals surface area contributed by atoms with Gasteiger partial charge in [-0.2, -0.15) is 5.10 Å². The van der Waals surface area contributed by atoms with Crippen molar-refractivity contribution in [2.45, 2.75) is 6.92 Å². The van der Waals surface area contributed by atoms with Crippen LogP contribution in [0.25, 0.3) is 0 Å². The van der Waals surface area contributed by atoms with E-state index < -0.39 is 11.8 Å². The zero-order chi connectivity index (χ0) is 22.1. The molecule has 0 atom stereocenters. The molecule has 0 fully saturated rings. The molecule has 0 bridgehead atoms. The normalized spacial score (nSPS) is 10.4. The summed E-state index contributed by atoms with van der Waals surface area (Å²) in [6.07, 6.45) is 1.34. The first kappa shape index (κ1) is 22.7. The molecular formula is C20H21ClN4O5. The molecule has 0 spiro atoms. The number of carbonyl (C=O) groups is 3. The van der Waals surface area contributed by atoms with Crippen LogP contribution in [-0.4, -0.2) is 44.7 Å². The number of nitrogens with zero attached hydrogens (tertiary/aromatic N) is 1. The van der Waals surface area contributed by atoms with E-state index in [2.05, 4.69) is 21.2 Å². The molecule has 3 amide bonds. The molecule has 3 N–H and O–H groups in total. The van der Waals surface area contributed by atoms with Gasteiger partial charge in [-0.1, -0.05) is 17.7 Å². The fourth-order valence-corrected chi connectivity index (χ4v) is 2.44. The van der Waals surface area contributed by atoms with Gasteiger partial charge in [0.25, 0.3) is 5.91 Å². The lowest BCUT2D eigenvalue weighted by Crippen LogP contribution is -2.35. The number of hydrazone groups is 1. The van der Waals surface area contributed by atoms with E-state index in [-0.39, 0.29) is 12.5 Å². The molecule has 2 rings (SSSR count). The summed E-state index contributed by atoms with van der Waals surface area (Å²) in [5.41, 5.74) is 4.15. The largest absolute Gasteiger partial charge is 0.493 e. The molecule has 2 aromatic carbocycles. The minimum absolute atomic E-state index is 0.238. The van der Waals surface area contributed by atoms with E-state index in [1.165, 1.54) is 20.4 Å². The Morgan fingerprint density at radius 3 is 2.57 bits per heavy atom. The van der Waals surface area contributed by atoms with Crippen molar-refractivity contribution in [3.63, 3.8) is 0 Å². The molecule has 2 aromatic rings. The first-order chi connectivity index (χ1) is 14.3. The highest BCUT2D eigenvalue weighted by atomic mass is 35.5. The summed E-state index contributed by atoms with van der Waals surface area (Å²) < 4.78 is 10.8. The van der Waals surface area contributed by atoms with Crippen molar-refractivity contribution in [2.75, 3.05) is 26.1 Å². The number of hydrogen-bond acceptors (Lipinski definition) is 6. The Morgan fingerprint density at radius 2 is 1.87 bits per heavy atom. The van der Waals surface area contributed by atoms with Gasteiger partial charge in [0, 0.05) is 17.8 Å². The van der Waals surface area contributed by atoms with Crippen LogP contribution in [0.15, 0.2) is 41.5 Å². The van der Waals surface area contributed by atoms with Gasteiger partial charge < -0.3 is 20.1 Å². The van der Waals surface area contributed by atoms with E-state index in [4.69, 9.17) is 21.1 Å². The predicted octanol–water partition coefficient (Wildman–Crippen LogP) is 1.87. The number of rotatable bonds is 7. The van der Waals surface area contributed by atoms with Crippen LogP contribution < -0.4 is 25.5 Å². The second kappa shape index (κ2) is 10.8. The van der Waals surface area contributed by atoms with Gasteiger partial charge in [0.1, 0.15) is 0 Å². The molecule has 0 radical (unpaired) electrons. The van der Waals surface area contributed by atoms with E-state index in [1.54, 1.807) is 36.4 Å². The third kappa shape index (κ3) is 6.49. The zero-order valence-electron chi connectivity index (χ0n) is 16.6. The highest BCUT2D eigenvalue weighted by molar-refractivity contribution is 6.35. The first-order valence-corrected chi connectivity index (χ1v) is 9.13. The van der Waals surface area contributed by atoms with Crippen molar-refractivity contribution in [2.24, 2.45) is 5.10 Å². The lowest BCUT2D eigenvalue weighted by Gasteiger charge is -2.12. The maximum atomic E-state index is 12.2. The molecule has 0 aliphatic carbocycles. The van der Waals surface area contributed by atoms with Crippen LogP contribution >= 0.6 is 11.6 Å². The summed E-state index contributed by atoms with van der Waals surface area (Å²) in [4.78, 5) is 34.6. The van der Waals surface area contributed by atoms with Crippen molar-refractivity contribution in [1.82, 2.24) is 10.7 Å². The van der Waals surface area contributed by atoms with E-state index >= 15 is 0 Å². The number of nitrogens with one attached hydrogen (secondary N) is 3. The second-order valence-corrected chi connectivity index (χ2v) is 6.42. The molecule has 0 heterocycles. The number of methoxy groups -OCH3 is 1. The maximum absolute atomic E-state index is 12.2. The van der Waals surface area contributed by atoms with Crippen LogP contribution in [0.2, 0.25) is 5.02 Å². The fraction of sp³-hybridized carbons (Fsp3) is 0.200. The molecule has 0 saturated heterocycles. The fourth-order valence-electron chi connectivity index (χ4n) is 2.27. The number of anilines is 1. The van der Waals surface area contributed by atoms with Gasteiger partial charge in [0.15, 0.2) is 18.1 Å². The summed E-state index contributed by atoms with van der Waals surface area (Å²) in [6, 6.07) is 10.0.